The number of aromatic nitrogens is 1. The molecule has 0 aliphatic rings. The Labute approximate surface area is 132 Å². The molecule has 110 valence electrons. The number of carbonyl (C=O) groups excluding carboxylic acids is 1. The largest absolute Gasteiger partial charge is 0.361 e. The average Bonchev–Trinajstić information content (AvgIpc) is 2.93. The van der Waals surface area contributed by atoms with Crippen LogP contribution in [0.15, 0.2) is 59.8 Å². The number of nitrogens with one attached hydrogen (secondary N) is 2. The van der Waals surface area contributed by atoms with Gasteiger partial charge in [-0.05, 0) is 23.8 Å². The van der Waals surface area contributed by atoms with Crippen molar-refractivity contribution in [3.05, 3.63) is 70.9 Å². The summed E-state index contributed by atoms with van der Waals surface area (Å²) < 4.78 is 0. The molecule has 1 heterocycles. The Morgan fingerprint density at radius 3 is 2.77 bits per heavy atom. The molecule has 4 nitrogen and oxygen atoms in total. The van der Waals surface area contributed by atoms with Crippen molar-refractivity contribution in [3.8, 4) is 0 Å². The zero-order valence-corrected chi connectivity index (χ0v) is 12.5. The predicted octanol–water partition coefficient (Wildman–Crippen LogP) is 3.51. The third-order valence-electron chi connectivity index (χ3n) is 3.29. The van der Waals surface area contributed by atoms with Crippen LogP contribution in [0, 0.1) is 0 Å². The summed E-state index contributed by atoms with van der Waals surface area (Å²) in [6, 6.07) is 15.1. The Morgan fingerprint density at radius 1 is 1.18 bits per heavy atom. The van der Waals surface area contributed by atoms with Crippen LogP contribution in [0.2, 0.25) is 5.02 Å². The molecule has 0 saturated heterocycles. The van der Waals surface area contributed by atoms with Crippen LogP contribution in [0.4, 0.5) is 0 Å². The first-order chi connectivity index (χ1) is 10.7. The predicted molar refractivity (Wildman–Crippen MR) is 89.2 cm³/mol. The van der Waals surface area contributed by atoms with Crippen molar-refractivity contribution in [3.63, 3.8) is 0 Å². The van der Waals surface area contributed by atoms with E-state index in [4.69, 9.17) is 11.6 Å². The number of benzene rings is 2. The topological polar surface area (TPSA) is 57.2 Å². The molecule has 0 aliphatic heterocycles. The van der Waals surface area contributed by atoms with Crippen LogP contribution in [-0.2, 0) is 11.2 Å². The molecule has 0 aliphatic carbocycles. The van der Waals surface area contributed by atoms with Crippen molar-refractivity contribution in [1.82, 2.24) is 10.4 Å². The van der Waals surface area contributed by atoms with Crippen molar-refractivity contribution in [2.75, 3.05) is 0 Å². The number of hydrogen-bond acceptors (Lipinski definition) is 2. The highest BCUT2D eigenvalue weighted by molar-refractivity contribution is 6.30. The maximum atomic E-state index is 11.8. The van der Waals surface area contributed by atoms with Crippen molar-refractivity contribution in [2.24, 2.45) is 5.10 Å². The molecule has 0 atom stereocenters. The number of hydrazone groups is 1. The van der Waals surface area contributed by atoms with Crippen LogP contribution in [0.3, 0.4) is 0 Å². The molecule has 1 aromatic heterocycles. The number of para-hydroxylation sites is 1. The van der Waals surface area contributed by atoms with E-state index in [0.29, 0.717) is 5.02 Å². The Morgan fingerprint density at radius 2 is 1.95 bits per heavy atom. The summed E-state index contributed by atoms with van der Waals surface area (Å²) in [6.07, 6.45) is 3.76. The van der Waals surface area contributed by atoms with Crippen molar-refractivity contribution in [1.29, 1.82) is 0 Å². The lowest BCUT2D eigenvalue weighted by molar-refractivity contribution is -0.120. The van der Waals surface area contributed by atoms with E-state index < -0.39 is 0 Å². The first-order valence-electron chi connectivity index (χ1n) is 6.85. The summed E-state index contributed by atoms with van der Waals surface area (Å²) in [5.41, 5.74) is 5.40. The number of hydrogen-bond donors (Lipinski definition) is 2. The van der Waals surface area contributed by atoms with E-state index >= 15 is 0 Å². The highest BCUT2D eigenvalue weighted by Crippen LogP contribution is 2.15. The highest BCUT2D eigenvalue weighted by Gasteiger charge is 2.03. The molecule has 22 heavy (non-hydrogen) atoms. The first-order valence-corrected chi connectivity index (χ1v) is 7.22. The van der Waals surface area contributed by atoms with Crippen LogP contribution in [0.1, 0.15) is 11.1 Å². The van der Waals surface area contributed by atoms with Gasteiger partial charge in [-0.25, -0.2) is 5.43 Å². The zero-order chi connectivity index (χ0) is 15.4. The van der Waals surface area contributed by atoms with Gasteiger partial charge in [-0.1, -0.05) is 41.9 Å². The quantitative estimate of drug-likeness (QED) is 0.562. The Hall–Kier alpha value is -2.59. The Balaban J connectivity index is 1.62. The summed E-state index contributed by atoms with van der Waals surface area (Å²) >= 11 is 5.81. The fraction of sp³-hybridized carbons (Fsp3) is 0.0588. The Kier molecular flexibility index (Phi) is 4.21. The molecule has 0 fully saturated rings. The second-order valence-corrected chi connectivity index (χ2v) is 5.32. The van der Waals surface area contributed by atoms with Crippen LogP contribution in [-0.4, -0.2) is 17.1 Å². The van der Waals surface area contributed by atoms with Gasteiger partial charge in [-0.15, -0.1) is 0 Å². The van der Waals surface area contributed by atoms with E-state index in [2.05, 4.69) is 15.5 Å². The van der Waals surface area contributed by atoms with Gasteiger partial charge in [0.05, 0.1) is 12.6 Å². The molecule has 1 amide bonds. The minimum absolute atomic E-state index is 0.168. The van der Waals surface area contributed by atoms with E-state index in [0.717, 1.165) is 22.0 Å². The zero-order valence-electron chi connectivity index (χ0n) is 11.7. The van der Waals surface area contributed by atoms with Crippen LogP contribution < -0.4 is 5.43 Å². The van der Waals surface area contributed by atoms with E-state index in [9.17, 15) is 4.79 Å². The lowest BCUT2D eigenvalue weighted by Crippen LogP contribution is -2.19. The molecular formula is C17H14ClN3O. The van der Waals surface area contributed by atoms with E-state index in [1.165, 1.54) is 0 Å². The number of H-pyrrole nitrogens is 1. The van der Waals surface area contributed by atoms with E-state index in [-0.39, 0.29) is 12.3 Å². The number of amides is 1. The van der Waals surface area contributed by atoms with E-state index in [1.54, 1.807) is 18.3 Å². The van der Waals surface area contributed by atoms with Gasteiger partial charge in [0.15, 0.2) is 0 Å². The molecule has 2 aromatic carbocycles. The molecule has 0 unspecified atom stereocenters. The lowest BCUT2D eigenvalue weighted by Gasteiger charge is -2.00. The average molecular weight is 312 g/mol. The van der Waals surface area contributed by atoms with Crippen LogP contribution in [0.5, 0.6) is 0 Å². The monoisotopic (exact) mass is 311 g/mol. The van der Waals surface area contributed by atoms with Gasteiger partial charge in [0.2, 0.25) is 5.91 Å². The third kappa shape index (κ3) is 3.35. The summed E-state index contributed by atoms with van der Waals surface area (Å²) in [5, 5.41) is 5.73. The number of nitrogens with zero attached hydrogens (tertiary/aromatic N) is 1. The maximum absolute atomic E-state index is 11.8. The molecule has 3 aromatic rings. The molecule has 5 heteroatoms. The number of carbonyl (C=O) groups is 1. The maximum Gasteiger partial charge on any atom is 0.244 e. The van der Waals surface area contributed by atoms with Crippen LogP contribution >= 0.6 is 11.6 Å². The van der Waals surface area contributed by atoms with Gasteiger partial charge in [0.25, 0.3) is 0 Å². The minimum atomic E-state index is -0.168. The standard InChI is InChI=1S/C17H14ClN3O/c18-14-7-5-12(6-8-14)9-17(22)21-20-11-13-10-19-16-4-2-1-3-15(13)16/h1-8,10-11,19H,9H2,(H,21,22). The van der Waals surface area contributed by atoms with Gasteiger partial charge in [-0.3, -0.25) is 4.79 Å². The van der Waals surface area contributed by atoms with Gasteiger partial charge in [0.1, 0.15) is 0 Å². The minimum Gasteiger partial charge on any atom is -0.361 e. The second-order valence-electron chi connectivity index (χ2n) is 4.89. The summed E-state index contributed by atoms with van der Waals surface area (Å²) in [5.74, 6) is -0.168. The lowest BCUT2D eigenvalue weighted by atomic mass is 10.1. The highest BCUT2D eigenvalue weighted by atomic mass is 35.5. The molecule has 0 saturated carbocycles. The van der Waals surface area contributed by atoms with Gasteiger partial charge < -0.3 is 4.98 Å². The number of aromatic amines is 1. The van der Waals surface area contributed by atoms with Gasteiger partial charge in [0, 0.05) is 27.7 Å². The van der Waals surface area contributed by atoms with Gasteiger partial charge >= 0.3 is 0 Å². The number of fused-ring (bicyclic) bond motifs is 1. The summed E-state index contributed by atoms with van der Waals surface area (Å²) in [7, 11) is 0. The smallest absolute Gasteiger partial charge is 0.244 e. The van der Waals surface area contributed by atoms with Gasteiger partial charge in [-0.2, -0.15) is 5.10 Å². The van der Waals surface area contributed by atoms with Crippen LogP contribution in [0.25, 0.3) is 10.9 Å². The number of rotatable bonds is 4. The third-order valence-corrected chi connectivity index (χ3v) is 3.54. The molecule has 0 spiro atoms. The van der Waals surface area contributed by atoms with E-state index in [1.807, 2.05) is 42.6 Å². The second kappa shape index (κ2) is 6.45. The first kappa shape index (κ1) is 14.4. The molecule has 2 N–H and O–H groups in total. The Bertz CT molecular complexity index is 821. The molecule has 0 radical (unpaired) electrons. The summed E-state index contributed by atoms with van der Waals surface area (Å²) in [6.45, 7) is 0. The molecular weight excluding hydrogens is 298 g/mol. The fourth-order valence-corrected chi connectivity index (χ4v) is 2.33. The summed E-state index contributed by atoms with van der Waals surface area (Å²) in [4.78, 5) is 15.0. The number of halogens is 1. The van der Waals surface area contributed by atoms with Crippen molar-refractivity contribution >= 4 is 34.6 Å². The van der Waals surface area contributed by atoms with Crippen molar-refractivity contribution < 1.29 is 4.79 Å². The normalized spacial score (nSPS) is 11.1. The SMILES string of the molecule is O=C(Cc1ccc(Cl)cc1)NN=Cc1c[nH]c2ccccc12. The molecule has 3 rings (SSSR count). The van der Waals surface area contributed by atoms with Crippen molar-refractivity contribution in [2.45, 2.75) is 6.42 Å². The molecule has 0 bridgehead atoms. The fourth-order valence-electron chi connectivity index (χ4n) is 2.20.